The summed E-state index contributed by atoms with van der Waals surface area (Å²) in [6.45, 7) is 4.11. The summed E-state index contributed by atoms with van der Waals surface area (Å²) in [4.78, 5) is 10.6. The molecular weight excluding hydrogens is 337 g/mol. The third-order valence-electron chi connectivity index (χ3n) is 4.47. The van der Waals surface area contributed by atoms with Crippen molar-refractivity contribution in [2.75, 3.05) is 0 Å². The van der Waals surface area contributed by atoms with Crippen LogP contribution in [-0.4, -0.2) is 16.4 Å². The minimum absolute atomic E-state index is 0.0272. The molecule has 0 heterocycles. The maximum Gasteiger partial charge on any atom is 0.312 e. The molecular formula is C14H16Cl3NO3. The van der Waals surface area contributed by atoms with Crippen molar-refractivity contribution in [1.82, 2.24) is 0 Å². The van der Waals surface area contributed by atoms with Crippen LogP contribution in [0.4, 0.5) is 5.69 Å². The fourth-order valence-corrected chi connectivity index (χ4v) is 3.84. The van der Waals surface area contributed by atoms with Crippen molar-refractivity contribution in [1.29, 1.82) is 0 Å². The Morgan fingerprint density at radius 1 is 1.33 bits per heavy atom. The molecule has 116 valence electrons. The van der Waals surface area contributed by atoms with Crippen LogP contribution in [0.15, 0.2) is 12.1 Å². The van der Waals surface area contributed by atoms with Crippen LogP contribution in [0.3, 0.4) is 0 Å². The molecule has 7 heteroatoms. The van der Waals surface area contributed by atoms with Gasteiger partial charge in [-0.3, -0.25) is 10.1 Å². The van der Waals surface area contributed by atoms with E-state index < -0.39 is 4.92 Å². The number of nitro benzene ring substituents is 1. The molecule has 0 bridgehead atoms. The Morgan fingerprint density at radius 2 is 1.90 bits per heavy atom. The van der Waals surface area contributed by atoms with Gasteiger partial charge in [-0.15, -0.1) is 11.6 Å². The lowest BCUT2D eigenvalue weighted by Crippen LogP contribution is -2.56. The zero-order valence-corrected chi connectivity index (χ0v) is 14.0. The highest BCUT2D eigenvalue weighted by atomic mass is 35.5. The lowest BCUT2D eigenvalue weighted by atomic mass is 9.62. The summed E-state index contributed by atoms with van der Waals surface area (Å²) in [5.74, 6) is 0.147. The van der Waals surface area contributed by atoms with Gasteiger partial charge in [0.25, 0.3) is 0 Å². The second kappa shape index (κ2) is 6.19. The van der Waals surface area contributed by atoms with E-state index in [1.54, 1.807) is 0 Å². The normalized spacial score (nSPS) is 23.5. The van der Waals surface area contributed by atoms with Crippen molar-refractivity contribution in [3.63, 3.8) is 0 Å². The predicted molar refractivity (Wildman–Crippen MR) is 84.8 cm³/mol. The van der Waals surface area contributed by atoms with Gasteiger partial charge >= 0.3 is 5.69 Å². The van der Waals surface area contributed by atoms with Crippen LogP contribution in [0.25, 0.3) is 0 Å². The highest BCUT2D eigenvalue weighted by Crippen LogP contribution is 2.52. The molecule has 1 aliphatic rings. The van der Waals surface area contributed by atoms with E-state index in [0.717, 1.165) is 12.8 Å². The van der Waals surface area contributed by atoms with E-state index >= 15 is 0 Å². The molecule has 0 spiro atoms. The average Bonchev–Trinajstić information content (AvgIpc) is 2.43. The maximum atomic E-state index is 11.1. The van der Waals surface area contributed by atoms with Crippen molar-refractivity contribution < 1.29 is 9.66 Å². The average molecular weight is 353 g/mol. The topological polar surface area (TPSA) is 52.4 Å². The second-order valence-corrected chi connectivity index (χ2v) is 6.58. The molecule has 1 fully saturated rings. The molecule has 1 saturated carbocycles. The first-order valence-corrected chi connectivity index (χ1v) is 7.99. The number of rotatable bonds is 5. The lowest BCUT2D eigenvalue weighted by molar-refractivity contribution is -0.386. The zero-order chi connectivity index (χ0) is 15.8. The van der Waals surface area contributed by atoms with Gasteiger partial charge in [0.2, 0.25) is 0 Å². The van der Waals surface area contributed by atoms with Crippen LogP contribution < -0.4 is 4.74 Å². The van der Waals surface area contributed by atoms with Gasteiger partial charge < -0.3 is 4.74 Å². The molecule has 0 amide bonds. The predicted octanol–water partition coefficient (Wildman–Crippen LogP) is 5.47. The highest BCUT2D eigenvalue weighted by Gasteiger charge is 2.54. The Hall–Kier alpha value is -0.710. The van der Waals surface area contributed by atoms with Gasteiger partial charge in [-0.2, -0.15) is 0 Å². The van der Waals surface area contributed by atoms with Crippen LogP contribution in [-0.2, 0) is 0 Å². The molecule has 1 aromatic rings. The smallest absolute Gasteiger partial charge is 0.312 e. The van der Waals surface area contributed by atoms with Crippen LogP contribution >= 0.6 is 34.8 Å². The van der Waals surface area contributed by atoms with Gasteiger partial charge in [0.15, 0.2) is 5.75 Å². The molecule has 0 saturated heterocycles. The summed E-state index contributed by atoms with van der Waals surface area (Å²) in [5, 5.41) is 11.5. The van der Waals surface area contributed by atoms with Crippen molar-refractivity contribution in [3.8, 4) is 5.75 Å². The van der Waals surface area contributed by atoms with E-state index in [1.807, 2.05) is 0 Å². The molecule has 4 nitrogen and oxygen atoms in total. The number of alkyl halides is 1. The fourth-order valence-electron chi connectivity index (χ4n) is 2.92. The largest absolute Gasteiger partial charge is 0.483 e. The third-order valence-corrected chi connectivity index (χ3v) is 5.81. The first kappa shape index (κ1) is 16.7. The van der Waals surface area contributed by atoms with Gasteiger partial charge in [-0.05, 0) is 12.8 Å². The molecule has 2 rings (SSSR count). The van der Waals surface area contributed by atoms with E-state index in [9.17, 15) is 10.1 Å². The standard InChI is InChI=1S/C14H16Cl3NO3/c1-3-14(4-2)12(17)7-13(14)21-11-6-9(16)8(15)5-10(11)18(19)20/h5-6,12-13H,3-4,7H2,1-2H3. The number of nitro groups is 1. The van der Waals surface area contributed by atoms with Gasteiger partial charge in [0.05, 0.1) is 15.0 Å². The van der Waals surface area contributed by atoms with Crippen LogP contribution in [0.5, 0.6) is 5.75 Å². The van der Waals surface area contributed by atoms with Crippen molar-refractivity contribution in [3.05, 3.63) is 32.3 Å². The minimum atomic E-state index is -0.520. The molecule has 2 atom stereocenters. The molecule has 2 unspecified atom stereocenters. The maximum absolute atomic E-state index is 11.1. The molecule has 1 aromatic carbocycles. The van der Waals surface area contributed by atoms with Crippen molar-refractivity contribution in [2.24, 2.45) is 5.41 Å². The van der Waals surface area contributed by atoms with E-state index in [-0.39, 0.29) is 38.4 Å². The van der Waals surface area contributed by atoms with E-state index in [4.69, 9.17) is 39.5 Å². The Morgan fingerprint density at radius 3 is 2.38 bits per heavy atom. The number of hydrogen-bond acceptors (Lipinski definition) is 3. The summed E-state index contributed by atoms with van der Waals surface area (Å²) in [5.41, 5.74) is -0.329. The number of halogens is 3. The number of benzene rings is 1. The fraction of sp³-hybridized carbons (Fsp3) is 0.571. The SMILES string of the molecule is CCC1(CC)C(Cl)CC1Oc1cc(Cl)c(Cl)cc1[N+](=O)[O-]. The quantitative estimate of drug-likeness (QED) is 0.401. The molecule has 0 aromatic heterocycles. The summed E-state index contributed by atoms with van der Waals surface area (Å²) in [7, 11) is 0. The number of nitrogens with zero attached hydrogens (tertiary/aromatic N) is 1. The minimum Gasteiger partial charge on any atom is -0.483 e. The Balaban J connectivity index is 2.32. The Kier molecular flexibility index (Phi) is 4.91. The van der Waals surface area contributed by atoms with Crippen LogP contribution in [0, 0.1) is 15.5 Å². The van der Waals surface area contributed by atoms with Crippen molar-refractivity contribution in [2.45, 2.75) is 44.6 Å². The molecule has 0 radical (unpaired) electrons. The Bertz CT molecular complexity index is 561. The molecule has 0 aliphatic heterocycles. The number of hydrogen-bond donors (Lipinski definition) is 0. The first-order valence-electron chi connectivity index (χ1n) is 6.79. The van der Waals surface area contributed by atoms with Gasteiger partial charge in [-0.25, -0.2) is 0 Å². The molecule has 21 heavy (non-hydrogen) atoms. The molecule has 0 N–H and O–H groups in total. The van der Waals surface area contributed by atoms with E-state index in [1.165, 1.54) is 12.1 Å². The van der Waals surface area contributed by atoms with E-state index in [0.29, 0.717) is 6.42 Å². The molecule has 1 aliphatic carbocycles. The van der Waals surface area contributed by atoms with E-state index in [2.05, 4.69) is 13.8 Å². The van der Waals surface area contributed by atoms with Gasteiger partial charge in [0.1, 0.15) is 6.10 Å². The van der Waals surface area contributed by atoms with Gasteiger partial charge in [-0.1, -0.05) is 37.0 Å². The monoisotopic (exact) mass is 351 g/mol. The number of ether oxygens (including phenoxy) is 1. The van der Waals surface area contributed by atoms with Gasteiger partial charge in [0, 0.05) is 29.3 Å². The first-order chi connectivity index (χ1) is 9.85. The van der Waals surface area contributed by atoms with Crippen LogP contribution in [0.1, 0.15) is 33.1 Å². The zero-order valence-electron chi connectivity index (χ0n) is 11.7. The summed E-state index contributed by atoms with van der Waals surface area (Å²) >= 11 is 18.1. The van der Waals surface area contributed by atoms with Crippen LogP contribution in [0.2, 0.25) is 10.0 Å². The summed E-state index contributed by atoms with van der Waals surface area (Å²) in [6.07, 6.45) is 2.24. The third kappa shape index (κ3) is 2.81. The van der Waals surface area contributed by atoms with Crippen molar-refractivity contribution >= 4 is 40.5 Å². The Labute approximate surface area is 138 Å². The summed E-state index contributed by atoms with van der Waals surface area (Å²) in [6, 6.07) is 2.62. The highest BCUT2D eigenvalue weighted by molar-refractivity contribution is 6.42. The lowest BCUT2D eigenvalue weighted by Gasteiger charge is -2.52. The second-order valence-electron chi connectivity index (χ2n) is 5.24. The summed E-state index contributed by atoms with van der Waals surface area (Å²) < 4.78 is 5.88.